The number of nitrogens with zero attached hydrogens (tertiary/aromatic N) is 6. The molecule has 1 atom stereocenters. The van der Waals surface area contributed by atoms with E-state index in [2.05, 4.69) is 36.1 Å². The van der Waals surface area contributed by atoms with Gasteiger partial charge in [0.25, 0.3) is 0 Å². The van der Waals surface area contributed by atoms with Gasteiger partial charge in [-0.25, -0.2) is 0 Å². The van der Waals surface area contributed by atoms with Crippen molar-refractivity contribution in [2.24, 2.45) is 0 Å². The van der Waals surface area contributed by atoms with E-state index < -0.39 is 0 Å². The molecule has 0 aliphatic carbocycles. The highest BCUT2D eigenvalue weighted by Crippen LogP contribution is 2.26. The maximum absolute atomic E-state index is 9.18. The first kappa shape index (κ1) is 12.0. The minimum Gasteiger partial charge on any atom is -0.372 e. The lowest BCUT2D eigenvalue weighted by molar-refractivity contribution is 0.792. The van der Waals surface area contributed by atoms with Crippen LogP contribution in [0, 0.1) is 11.3 Å². The Morgan fingerprint density at radius 1 is 1.25 bits per heavy atom. The lowest BCUT2D eigenvalue weighted by Gasteiger charge is -2.14. The average molecular weight is 266 g/mol. The van der Waals surface area contributed by atoms with Gasteiger partial charge in [-0.3, -0.25) is 0 Å². The minimum atomic E-state index is -0.214. The molecule has 2 heterocycles. The van der Waals surface area contributed by atoms with E-state index in [1.165, 1.54) is 0 Å². The van der Waals surface area contributed by atoms with Crippen LogP contribution in [0.15, 0.2) is 24.3 Å². The van der Waals surface area contributed by atoms with Gasteiger partial charge in [-0.15, -0.1) is 20.4 Å². The van der Waals surface area contributed by atoms with Crippen LogP contribution < -0.4 is 5.32 Å². The van der Waals surface area contributed by atoms with Crippen LogP contribution in [0.25, 0.3) is 10.9 Å². The van der Waals surface area contributed by atoms with Gasteiger partial charge in [0.05, 0.1) is 17.2 Å². The van der Waals surface area contributed by atoms with Crippen LogP contribution in [-0.2, 0) is 0 Å². The summed E-state index contributed by atoms with van der Waals surface area (Å²) in [7, 11) is 0. The summed E-state index contributed by atoms with van der Waals surface area (Å²) >= 11 is 0. The molecule has 20 heavy (non-hydrogen) atoms. The van der Waals surface area contributed by atoms with Gasteiger partial charge < -0.3 is 5.32 Å². The van der Waals surface area contributed by atoms with E-state index in [0.29, 0.717) is 17.0 Å². The molecule has 3 aromatic rings. The molecule has 2 N–H and O–H groups in total. The van der Waals surface area contributed by atoms with Crippen LogP contribution in [-0.4, -0.2) is 30.8 Å². The summed E-state index contributed by atoms with van der Waals surface area (Å²) in [5, 5.41) is 34.9. The van der Waals surface area contributed by atoms with Crippen molar-refractivity contribution in [2.75, 3.05) is 5.32 Å². The van der Waals surface area contributed by atoms with Gasteiger partial charge in [0.2, 0.25) is 0 Å². The minimum absolute atomic E-state index is 0.214. The number of nitriles is 1. The highest BCUT2D eigenvalue weighted by molar-refractivity contribution is 5.92. The molecule has 0 spiro atoms. The number of tetrazole rings is 1. The molecule has 0 amide bonds. The molecule has 0 saturated heterocycles. The van der Waals surface area contributed by atoms with Gasteiger partial charge in [-0.1, -0.05) is 23.4 Å². The van der Waals surface area contributed by atoms with E-state index in [-0.39, 0.29) is 11.7 Å². The fourth-order valence-corrected chi connectivity index (χ4v) is 1.91. The van der Waals surface area contributed by atoms with Gasteiger partial charge in [0, 0.05) is 5.39 Å². The molecule has 8 heteroatoms. The number of H-pyrrole nitrogens is 1. The van der Waals surface area contributed by atoms with Crippen molar-refractivity contribution in [2.45, 2.75) is 13.0 Å². The largest absolute Gasteiger partial charge is 0.372 e. The summed E-state index contributed by atoms with van der Waals surface area (Å²) in [6.45, 7) is 1.88. The molecule has 0 aliphatic heterocycles. The van der Waals surface area contributed by atoms with Crippen LogP contribution in [0.2, 0.25) is 0 Å². The third-order valence-electron chi connectivity index (χ3n) is 2.88. The molecule has 0 bridgehead atoms. The van der Waals surface area contributed by atoms with Crippen molar-refractivity contribution in [3.63, 3.8) is 0 Å². The molecule has 1 aromatic carbocycles. The number of fused-ring (bicyclic) bond motifs is 1. The molecule has 0 aliphatic rings. The topological polar surface area (TPSA) is 116 Å². The first-order chi connectivity index (χ1) is 9.79. The summed E-state index contributed by atoms with van der Waals surface area (Å²) in [6, 6.07) is 9.30. The zero-order valence-electron chi connectivity index (χ0n) is 10.6. The van der Waals surface area contributed by atoms with E-state index in [9.17, 15) is 5.26 Å². The Labute approximate surface area is 113 Å². The monoisotopic (exact) mass is 266 g/mol. The number of aromatic amines is 1. The SMILES string of the molecule is CC(Nc1c(C#N)nnc2ccccc12)c1nn[nH]n1. The quantitative estimate of drug-likeness (QED) is 0.731. The van der Waals surface area contributed by atoms with Gasteiger partial charge in [0.15, 0.2) is 11.5 Å². The molecule has 0 fully saturated rings. The van der Waals surface area contributed by atoms with Gasteiger partial charge in [-0.05, 0) is 13.0 Å². The summed E-state index contributed by atoms with van der Waals surface area (Å²) in [5.74, 6) is 0.509. The van der Waals surface area contributed by atoms with Crippen molar-refractivity contribution in [1.29, 1.82) is 5.26 Å². The number of hydrogen-bond donors (Lipinski definition) is 2. The van der Waals surface area contributed by atoms with Crippen molar-refractivity contribution in [3.8, 4) is 6.07 Å². The van der Waals surface area contributed by atoms with Crippen molar-refractivity contribution in [1.82, 2.24) is 30.8 Å². The summed E-state index contributed by atoms with van der Waals surface area (Å²) < 4.78 is 0. The molecule has 2 aromatic heterocycles. The van der Waals surface area contributed by atoms with Crippen LogP contribution in [0.5, 0.6) is 0 Å². The first-order valence-electron chi connectivity index (χ1n) is 5.95. The Bertz CT molecular complexity index is 774. The second-order valence-corrected chi connectivity index (χ2v) is 4.19. The zero-order valence-corrected chi connectivity index (χ0v) is 10.6. The van der Waals surface area contributed by atoms with Crippen LogP contribution in [0.1, 0.15) is 24.5 Å². The second-order valence-electron chi connectivity index (χ2n) is 4.19. The maximum atomic E-state index is 9.18. The lowest BCUT2D eigenvalue weighted by atomic mass is 10.1. The third-order valence-corrected chi connectivity index (χ3v) is 2.88. The summed E-state index contributed by atoms with van der Waals surface area (Å²) in [5.41, 5.74) is 1.57. The molecule has 3 rings (SSSR count). The predicted octanol–water partition coefficient (Wildman–Crippen LogP) is 1.19. The predicted molar refractivity (Wildman–Crippen MR) is 70.5 cm³/mol. The van der Waals surface area contributed by atoms with Gasteiger partial charge in [0.1, 0.15) is 6.07 Å². The van der Waals surface area contributed by atoms with E-state index in [0.717, 1.165) is 5.39 Å². The Hall–Kier alpha value is -3.08. The fourth-order valence-electron chi connectivity index (χ4n) is 1.91. The number of rotatable bonds is 3. The Morgan fingerprint density at radius 2 is 2.10 bits per heavy atom. The van der Waals surface area contributed by atoms with E-state index in [1.807, 2.05) is 37.3 Å². The molecule has 0 saturated carbocycles. The molecule has 1 unspecified atom stereocenters. The first-order valence-corrected chi connectivity index (χ1v) is 5.95. The van der Waals surface area contributed by atoms with Crippen LogP contribution >= 0.6 is 0 Å². The highest BCUT2D eigenvalue weighted by Gasteiger charge is 2.16. The van der Waals surface area contributed by atoms with Crippen molar-refractivity contribution < 1.29 is 0 Å². The number of anilines is 1. The Morgan fingerprint density at radius 3 is 2.85 bits per heavy atom. The Balaban J connectivity index is 2.07. The molecule has 98 valence electrons. The Kier molecular flexibility index (Phi) is 2.93. The van der Waals surface area contributed by atoms with Gasteiger partial charge >= 0.3 is 0 Å². The van der Waals surface area contributed by atoms with Crippen molar-refractivity contribution >= 4 is 16.6 Å². The maximum Gasteiger partial charge on any atom is 0.196 e. The van der Waals surface area contributed by atoms with E-state index in [1.54, 1.807) is 0 Å². The lowest BCUT2D eigenvalue weighted by Crippen LogP contribution is -2.11. The van der Waals surface area contributed by atoms with Crippen molar-refractivity contribution in [3.05, 3.63) is 35.8 Å². The highest BCUT2D eigenvalue weighted by atomic mass is 15.5. The number of benzene rings is 1. The number of hydrogen-bond acceptors (Lipinski definition) is 7. The second kappa shape index (κ2) is 4.89. The number of aromatic nitrogens is 6. The standard InChI is InChI=1S/C12H10N8/c1-7(12-17-19-20-18-12)14-11-8-4-2-3-5-9(8)15-16-10(11)6-13/h2-5,7H,1H3,(H,14,15)(H,17,18,19,20). The van der Waals surface area contributed by atoms with Crippen LogP contribution in [0.3, 0.4) is 0 Å². The van der Waals surface area contributed by atoms with Gasteiger partial charge in [-0.2, -0.15) is 10.5 Å². The summed E-state index contributed by atoms with van der Waals surface area (Å²) in [6.07, 6.45) is 0. The van der Waals surface area contributed by atoms with Crippen LogP contribution in [0.4, 0.5) is 5.69 Å². The fraction of sp³-hybridized carbons (Fsp3) is 0.167. The van der Waals surface area contributed by atoms with E-state index >= 15 is 0 Å². The average Bonchev–Trinajstić information content (AvgIpc) is 3.02. The smallest absolute Gasteiger partial charge is 0.196 e. The molecular weight excluding hydrogens is 256 g/mol. The third kappa shape index (κ3) is 2.01. The van der Waals surface area contributed by atoms with E-state index in [4.69, 9.17) is 0 Å². The molecule has 0 radical (unpaired) electrons. The molecule has 8 nitrogen and oxygen atoms in total. The summed E-state index contributed by atoms with van der Waals surface area (Å²) in [4.78, 5) is 0. The zero-order chi connectivity index (χ0) is 13.9. The molecular formula is C12H10N8. The number of nitrogens with one attached hydrogen (secondary N) is 2. The normalized spacial score (nSPS) is 12.0.